The molecule has 0 radical (unpaired) electrons. The van der Waals surface area contributed by atoms with Gasteiger partial charge in [-0.2, -0.15) is 5.10 Å². The van der Waals surface area contributed by atoms with Crippen LogP contribution >= 0.6 is 47.8 Å². The van der Waals surface area contributed by atoms with Crippen LogP contribution in [-0.4, -0.2) is 36.4 Å². The zero-order valence-corrected chi connectivity index (χ0v) is 23.2. The van der Waals surface area contributed by atoms with Gasteiger partial charge in [0.2, 0.25) is 6.79 Å². The van der Waals surface area contributed by atoms with Gasteiger partial charge in [-0.25, -0.2) is 10.2 Å². The average molecular weight is 700 g/mol. The molecule has 0 aromatic heterocycles. The molecule has 0 fully saturated rings. The average Bonchev–Trinajstić information content (AvgIpc) is 3.33. The van der Waals surface area contributed by atoms with Crippen molar-refractivity contribution in [3.05, 3.63) is 83.2 Å². The molecule has 1 heterocycles. The summed E-state index contributed by atoms with van der Waals surface area (Å²) in [6.45, 7) is -0.323. The van der Waals surface area contributed by atoms with Crippen molar-refractivity contribution in [1.82, 2.24) is 5.43 Å². The SMILES string of the molecule is O=C(COc1ccc([N+](=O)[O-])cc1Br)N/N=C/c1cc(Br)cc(Br)c1OC(=O)c1ccc2c(c1)OCO2. The molecule has 0 atom stereocenters. The molecule has 0 aliphatic carbocycles. The summed E-state index contributed by atoms with van der Waals surface area (Å²) >= 11 is 9.91. The van der Waals surface area contributed by atoms with Gasteiger partial charge in [0.25, 0.3) is 11.6 Å². The number of carbonyl (C=O) groups excluding carboxylic acids is 2. The monoisotopic (exact) mass is 697 g/mol. The lowest BCUT2D eigenvalue weighted by molar-refractivity contribution is -0.385. The van der Waals surface area contributed by atoms with Gasteiger partial charge in [-0.3, -0.25) is 14.9 Å². The first kappa shape index (κ1) is 26.6. The highest BCUT2D eigenvalue weighted by Gasteiger charge is 2.20. The minimum Gasteiger partial charge on any atom is -0.483 e. The van der Waals surface area contributed by atoms with Gasteiger partial charge in [0.15, 0.2) is 23.9 Å². The number of benzene rings is 3. The highest BCUT2D eigenvalue weighted by atomic mass is 79.9. The molecular weight excluding hydrogens is 686 g/mol. The summed E-state index contributed by atoms with van der Waals surface area (Å²) < 4.78 is 23.0. The number of nitrogens with one attached hydrogen (secondary N) is 1. The van der Waals surface area contributed by atoms with Gasteiger partial charge in [-0.1, -0.05) is 15.9 Å². The number of esters is 1. The molecule has 1 aliphatic heterocycles. The molecule has 4 rings (SSSR count). The highest BCUT2D eigenvalue weighted by molar-refractivity contribution is 9.11. The van der Waals surface area contributed by atoms with Crippen LogP contribution in [0.4, 0.5) is 5.69 Å². The Morgan fingerprint density at radius 3 is 2.59 bits per heavy atom. The summed E-state index contributed by atoms with van der Waals surface area (Å²) in [5.41, 5.74) is 2.83. The van der Waals surface area contributed by atoms with Crippen molar-refractivity contribution < 1.29 is 33.5 Å². The minimum absolute atomic E-state index is 0.0780. The third kappa shape index (κ3) is 6.64. The molecule has 190 valence electrons. The number of halogens is 3. The van der Waals surface area contributed by atoms with Gasteiger partial charge in [0.05, 0.1) is 25.6 Å². The van der Waals surface area contributed by atoms with E-state index in [1.165, 1.54) is 30.5 Å². The number of nitro benzene ring substituents is 1. The van der Waals surface area contributed by atoms with E-state index in [-0.39, 0.29) is 29.5 Å². The second-order valence-electron chi connectivity index (χ2n) is 7.22. The number of hydrazone groups is 1. The third-order valence-electron chi connectivity index (χ3n) is 4.72. The van der Waals surface area contributed by atoms with Crippen LogP contribution in [0.1, 0.15) is 15.9 Å². The van der Waals surface area contributed by atoms with Gasteiger partial charge in [-0.05, 0) is 68.3 Å². The van der Waals surface area contributed by atoms with Gasteiger partial charge >= 0.3 is 5.97 Å². The van der Waals surface area contributed by atoms with Crippen molar-refractivity contribution in [2.75, 3.05) is 13.4 Å². The summed E-state index contributed by atoms with van der Waals surface area (Å²) in [4.78, 5) is 35.2. The quantitative estimate of drug-likeness (QED) is 0.109. The van der Waals surface area contributed by atoms with Crippen LogP contribution in [0.2, 0.25) is 0 Å². The maximum absolute atomic E-state index is 12.8. The normalized spacial score (nSPS) is 11.9. The van der Waals surface area contributed by atoms with Gasteiger partial charge < -0.3 is 18.9 Å². The van der Waals surface area contributed by atoms with Gasteiger partial charge in [0.1, 0.15) is 5.75 Å². The van der Waals surface area contributed by atoms with Crippen molar-refractivity contribution in [2.24, 2.45) is 5.10 Å². The largest absolute Gasteiger partial charge is 0.483 e. The standard InChI is InChI=1S/C23H14Br3N3O8/c24-14-5-13(9-27-28-21(30)10-34-18-4-2-15(29(32)33)8-16(18)25)22(17(26)7-14)37-23(31)12-1-3-19-20(6-12)36-11-35-19/h1-9H,10-11H2,(H,28,30)/b27-9+. The number of ether oxygens (including phenoxy) is 4. The number of hydrogen-bond acceptors (Lipinski definition) is 9. The predicted octanol–water partition coefficient (Wildman–Crippen LogP) is 5.36. The maximum atomic E-state index is 12.8. The topological polar surface area (TPSA) is 139 Å². The molecule has 1 aliphatic rings. The van der Waals surface area contributed by atoms with Crippen molar-refractivity contribution in [3.63, 3.8) is 0 Å². The van der Waals surface area contributed by atoms with Crippen molar-refractivity contribution in [2.45, 2.75) is 0 Å². The van der Waals surface area contributed by atoms with Crippen LogP contribution < -0.4 is 24.4 Å². The van der Waals surface area contributed by atoms with Crippen LogP contribution in [0, 0.1) is 10.1 Å². The first-order valence-corrected chi connectivity index (χ1v) is 12.6. The van der Waals surface area contributed by atoms with E-state index in [1.807, 2.05) is 0 Å². The van der Waals surface area contributed by atoms with Gasteiger partial charge in [0, 0.05) is 22.2 Å². The molecule has 3 aromatic carbocycles. The van der Waals surface area contributed by atoms with Crippen molar-refractivity contribution in [3.8, 4) is 23.0 Å². The number of rotatable bonds is 8. The van der Waals surface area contributed by atoms with E-state index < -0.39 is 23.4 Å². The Morgan fingerprint density at radius 2 is 1.84 bits per heavy atom. The lowest BCUT2D eigenvalue weighted by Crippen LogP contribution is -2.24. The molecule has 3 aromatic rings. The lowest BCUT2D eigenvalue weighted by atomic mass is 10.2. The summed E-state index contributed by atoms with van der Waals surface area (Å²) in [5, 5.41) is 14.7. The summed E-state index contributed by atoms with van der Waals surface area (Å²) in [5.74, 6) is 0.177. The number of amides is 1. The number of carbonyl (C=O) groups is 2. The Labute approximate surface area is 234 Å². The first-order chi connectivity index (χ1) is 17.7. The molecule has 0 saturated carbocycles. The van der Waals surface area contributed by atoms with Gasteiger partial charge in [-0.15, -0.1) is 0 Å². The number of hydrogen-bond donors (Lipinski definition) is 1. The van der Waals surface area contributed by atoms with Crippen LogP contribution in [-0.2, 0) is 4.79 Å². The second-order valence-corrected chi connectivity index (χ2v) is 9.84. The van der Waals surface area contributed by atoms with Crippen LogP contribution in [0.25, 0.3) is 0 Å². The highest BCUT2D eigenvalue weighted by Crippen LogP contribution is 2.35. The third-order valence-corrected chi connectivity index (χ3v) is 6.38. The van der Waals surface area contributed by atoms with E-state index in [1.54, 1.807) is 24.3 Å². The lowest BCUT2D eigenvalue weighted by Gasteiger charge is -2.11. The molecule has 37 heavy (non-hydrogen) atoms. The molecule has 14 heteroatoms. The first-order valence-electron chi connectivity index (χ1n) is 10.2. The molecule has 11 nitrogen and oxygen atoms in total. The van der Waals surface area contributed by atoms with Crippen LogP contribution in [0.15, 0.2) is 67.1 Å². The minimum atomic E-state index is -0.637. The summed E-state index contributed by atoms with van der Waals surface area (Å²) in [6, 6.07) is 11.9. The molecule has 0 saturated heterocycles. The fourth-order valence-corrected chi connectivity index (χ4v) is 4.85. The van der Waals surface area contributed by atoms with E-state index in [9.17, 15) is 19.7 Å². The number of nitro groups is 1. The van der Waals surface area contributed by atoms with Crippen LogP contribution in [0.5, 0.6) is 23.0 Å². The smallest absolute Gasteiger partial charge is 0.343 e. The fourth-order valence-electron chi connectivity index (χ4n) is 3.03. The predicted molar refractivity (Wildman–Crippen MR) is 141 cm³/mol. The van der Waals surface area contributed by atoms with E-state index in [4.69, 9.17) is 18.9 Å². The molecule has 1 amide bonds. The molecule has 0 unspecified atom stereocenters. The summed E-state index contributed by atoms with van der Waals surface area (Å²) in [7, 11) is 0. The zero-order valence-electron chi connectivity index (χ0n) is 18.4. The Kier molecular flexibility index (Phi) is 8.41. The van der Waals surface area contributed by atoms with Crippen molar-refractivity contribution in [1.29, 1.82) is 0 Å². The Morgan fingerprint density at radius 1 is 1.05 bits per heavy atom. The van der Waals surface area contributed by atoms with Crippen molar-refractivity contribution >= 4 is 71.6 Å². The van der Waals surface area contributed by atoms with E-state index in [0.717, 1.165) is 0 Å². The molecule has 0 bridgehead atoms. The summed E-state index contributed by atoms with van der Waals surface area (Å²) in [6.07, 6.45) is 1.30. The second kappa shape index (κ2) is 11.7. The number of nitrogens with zero attached hydrogens (tertiary/aromatic N) is 2. The molecule has 1 N–H and O–H groups in total. The Hall–Kier alpha value is -3.49. The molecule has 0 spiro atoms. The number of non-ortho nitro benzene ring substituents is 1. The van der Waals surface area contributed by atoms with E-state index in [2.05, 4.69) is 58.3 Å². The zero-order chi connectivity index (χ0) is 26.5. The Bertz CT molecular complexity index is 1430. The van der Waals surface area contributed by atoms with E-state index >= 15 is 0 Å². The Balaban J connectivity index is 1.41. The fraction of sp³-hybridized carbons (Fsp3) is 0.0870. The maximum Gasteiger partial charge on any atom is 0.343 e. The number of fused-ring (bicyclic) bond motifs is 1. The van der Waals surface area contributed by atoms with Crippen LogP contribution in [0.3, 0.4) is 0 Å². The van der Waals surface area contributed by atoms with E-state index in [0.29, 0.717) is 30.5 Å². The molecular formula is C23H14Br3N3O8.